The molecule has 3 aromatic rings. The van der Waals surface area contributed by atoms with E-state index in [2.05, 4.69) is 25.8 Å². The second kappa shape index (κ2) is 6.14. The van der Waals surface area contributed by atoms with Gasteiger partial charge in [-0.05, 0) is 31.2 Å². The quantitative estimate of drug-likeness (QED) is 0.659. The van der Waals surface area contributed by atoms with Crippen LogP contribution in [-0.2, 0) is 0 Å². The van der Waals surface area contributed by atoms with E-state index in [9.17, 15) is 4.79 Å². The molecule has 0 unspecified atom stereocenters. The number of aromatic nitrogens is 3. The van der Waals surface area contributed by atoms with Crippen LogP contribution in [0.3, 0.4) is 0 Å². The number of hydrogen-bond donors (Lipinski definition) is 3. The summed E-state index contributed by atoms with van der Waals surface area (Å²) in [4.78, 5) is 19.0. The zero-order chi connectivity index (χ0) is 16.2. The Labute approximate surface area is 131 Å². The molecule has 0 spiro atoms. The molecule has 0 aliphatic rings. The van der Waals surface area contributed by atoms with E-state index in [4.69, 9.17) is 9.63 Å². The zero-order valence-electron chi connectivity index (χ0n) is 12.1. The van der Waals surface area contributed by atoms with E-state index >= 15 is 0 Å². The van der Waals surface area contributed by atoms with Gasteiger partial charge >= 0.3 is 5.97 Å². The number of carboxylic acids is 1. The van der Waals surface area contributed by atoms with Gasteiger partial charge in [0.05, 0.1) is 5.56 Å². The number of nitrogens with one attached hydrogen (secondary N) is 2. The lowest BCUT2D eigenvalue weighted by molar-refractivity contribution is 0.0697. The zero-order valence-corrected chi connectivity index (χ0v) is 12.1. The second-order valence-electron chi connectivity index (χ2n) is 4.74. The van der Waals surface area contributed by atoms with Gasteiger partial charge in [-0.3, -0.25) is 0 Å². The highest BCUT2D eigenvalue weighted by Crippen LogP contribution is 2.19. The number of rotatable bonds is 5. The highest BCUT2D eigenvalue weighted by molar-refractivity contribution is 5.88. The van der Waals surface area contributed by atoms with Crippen LogP contribution in [0.15, 0.2) is 47.2 Å². The highest BCUT2D eigenvalue weighted by atomic mass is 16.5. The summed E-state index contributed by atoms with van der Waals surface area (Å²) in [5.74, 6) is 1.40. The SMILES string of the molecule is Cc1cc(Nc2cc(Nc3ccc(C(=O)O)cc3)ncn2)no1. The summed E-state index contributed by atoms with van der Waals surface area (Å²) in [6.07, 6.45) is 1.41. The van der Waals surface area contributed by atoms with E-state index in [0.29, 0.717) is 23.2 Å². The maximum atomic E-state index is 10.8. The van der Waals surface area contributed by atoms with Crippen molar-refractivity contribution in [3.8, 4) is 0 Å². The lowest BCUT2D eigenvalue weighted by Crippen LogP contribution is -1.99. The highest BCUT2D eigenvalue weighted by Gasteiger charge is 2.05. The van der Waals surface area contributed by atoms with Crippen LogP contribution in [0.5, 0.6) is 0 Å². The molecule has 0 atom stereocenters. The van der Waals surface area contributed by atoms with E-state index in [1.54, 1.807) is 31.2 Å². The van der Waals surface area contributed by atoms with Gasteiger partial charge in [0.1, 0.15) is 23.7 Å². The number of carbonyl (C=O) groups is 1. The molecule has 3 rings (SSSR count). The molecular formula is C15H13N5O3. The first-order valence-corrected chi connectivity index (χ1v) is 6.73. The van der Waals surface area contributed by atoms with Gasteiger partial charge in [-0.2, -0.15) is 0 Å². The first-order valence-electron chi connectivity index (χ1n) is 6.73. The van der Waals surface area contributed by atoms with Crippen molar-refractivity contribution in [2.75, 3.05) is 10.6 Å². The number of benzene rings is 1. The monoisotopic (exact) mass is 311 g/mol. The Bertz CT molecular complexity index is 829. The fourth-order valence-corrected chi connectivity index (χ4v) is 1.89. The summed E-state index contributed by atoms with van der Waals surface area (Å²) in [5, 5.41) is 18.8. The van der Waals surface area contributed by atoms with Crippen molar-refractivity contribution in [3.63, 3.8) is 0 Å². The maximum absolute atomic E-state index is 10.8. The number of anilines is 4. The van der Waals surface area contributed by atoms with Gasteiger partial charge in [-0.25, -0.2) is 14.8 Å². The van der Waals surface area contributed by atoms with Gasteiger partial charge in [-0.15, -0.1) is 0 Å². The number of nitrogens with zero attached hydrogens (tertiary/aromatic N) is 3. The lowest BCUT2D eigenvalue weighted by Gasteiger charge is -2.07. The topological polar surface area (TPSA) is 113 Å². The molecule has 23 heavy (non-hydrogen) atoms. The molecule has 3 N–H and O–H groups in total. The number of aromatic carboxylic acids is 1. The minimum absolute atomic E-state index is 0.224. The molecule has 0 saturated carbocycles. The Morgan fingerprint density at radius 3 is 2.35 bits per heavy atom. The molecule has 0 amide bonds. The van der Waals surface area contributed by atoms with Crippen LogP contribution in [0.2, 0.25) is 0 Å². The predicted octanol–water partition coefficient (Wildman–Crippen LogP) is 2.96. The standard InChI is InChI=1S/C15H13N5O3/c1-9-6-14(20-23-9)19-13-7-12(16-8-17-13)18-11-4-2-10(3-5-11)15(21)22/h2-8H,1H3,(H,21,22)(H2,16,17,18,19,20). The largest absolute Gasteiger partial charge is 0.478 e. The molecule has 2 heterocycles. The van der Waals surface area contributed by atoms with Crippen molar-refractivity contribution in [2.24, 2.45) is 0 Å². The summed E-state index contributed by atoms with van der Waals surface area (Å²) < 4.78 is 4.97. The number of hydrogen-bond acceptors (Lipinski definition) is 7. The van der Waals surface area contributed by atoms with Crippen molar-refractivity contribution < 1.29 is 14.4 Å². The summed E-state index contributed by atoms with van der Waals surface area (Å²) in [5.41, 5.74) is 0.943. The molecule has 2 aromatic heterocycles. The van der Waals surface area contributed by atoms with Crippen LogP contribution < -0.4 is 10.6 Å². The van der Waals surface area contributed by atoms with Gasteiger partial charge < -0.3 is 20.3 Å². The Hall–Kier alpha value is -3.42. The average Bonchev–Trinajstić information content (AvgIpc) is 2.93. The van der Waals surface area contributed by atoms with Crippen LogP contribution >= 0.6 is 0 Å². The van der Waals surface area contributed by atoms with E-state index in [-0.39, 0.29) is 5.56 Å². The average molecular weight is 311 g/mol. The van der Waals surface area contributed by atoms with Crippen LogP contribution in [0.1, 0.15) is 16.1 Å². The summed E-state index contributed by atoms with van der Waals surface area (Å²) in [6.45, 7) is 1.80. The Balaban J connectivity index is 1.73. The van der Waals surface area contributed by atoms with Gasteiger partial charge in [-0.1, -0.05) is 5.16 Å². The third kappa shape index (κ3) is 3.62. The van der Waals surface area contributed by atoms with E-state index in [0.717, 1.165) is 5.69 Å². The molecular weight excluding hydrogens is 298 g/mol. The molecule has 8 nitrogen and oxygen atoms in total. The van der Waals surface area contributed by atoms with Crippen LogP contribution in [-0.4, -0.2) is 26.2 Å². The van der Waals surface area contributed by atoms with Gasteiger partial charge in [0.2, 0.25) is 0 Å². The fourth-order valence-electron chi connectivity index (χ4n) is 1.89. The van der Waals surface area contributed by atoms with Crippen LogP contribution in [0.4, 0.5) is 23.1 Å². The van der Waals surface area contributed by atoms with E-state index in [1.165, 1.54) is 18.5 Å². The van der Waals surface area contributed by atoms with Crippen LogP contribution in [0, 0.1) is 6.92 Å². The number of carboxylic acid groups (broad SMARTS) is 1. The van der Waals surface area contributed by atoms with Crippen LogP contribution in [0.25, 0.3) is 0 Å². The molecule has 0 bridgehead atoms. The molecule has 116 valence electrons. The molecule has 0 aliphatic heterocycles. The smallest absolute Gasteiger partial charge is 0.335 e. The van der Waals surface area contributed by atoms with E-state index in [1.807, 2.05) is 0 Å². The van der Waals surface area contributed by atoms with Crippen molar-refractivity contribution in [1.82, 2.24) is 15.1 Å². The van der Waals surface area contributed by atoms with Crippen molar-refractivity contribution in [3.05, 3.63) is 54.0 Å². The van der Waals surface area contributed by atoms with Crippen molar-refractivity contribution in [1.29, 1.82) is 0 Å². The summed E-state index contributed by atoms with van der Waals surface area (Å²) >= 11 is 0. The molecule has 8 heteroatoms. The lowest BCUT2D eigenvalue weighted by atomic mass is 10.2. The summed E-state index contributed by atoms with van der Waals surface area (Å²) in [6, 6.07) is 9.82. The van der Waals surface area contributed by atoms with Gasteiger partial charge in [0, 0.05) is 17.8 Å². The molecule has 0 radical (unpaired) electrons. The first kappa shape index (κ1) is 14.5. The molecule has 1 aromatic carbocycles. The Morgan fingerprint density at radius 2 is 1.74 bits per heavy atom. The van der Waals surface area contributed by atoms with Gasteiger partial charge in [0.15, 0.2) is 5.82 Å². The minimum Gasteiger partial charge on any atom is -0.478 e. The normalized spacial score (nSPS) is 10.3. The second-order valence-corrected chi connectivity index (χ2v) is 4.74. The van der Waals surface area contributed by atoms with Crippen molar-refractivity contribution >= 4 is 29.1 Å². The minimum atomic E-state index is -0.965. The molecule has 0 aliphatic carbocycles. The van der Waals surface area contributed by atoms with Gasteiger partial charge in [0.25, 0.3) is 0 Å². The maximum Gasteiger partial charge on any atom is 0.335 e. The first-order chi connectivity index (χ1) is 11.1. The predicted molar refractivity (Wildman–Crippen MR) is 83.2 cm³/mol. The third-order valence-corrected chi connectivity index (χ3v) is 2.96. The fraction of sp³-hybridized carbons (Fsp3) is 0.0667. The third-order valence-electron chi connectivity index (χ3n) is 2.96. The Kier molecular flexibility index (Phi) is 3.88. The Morgan fingerprint density at radius 1 is 1.04 bits per heavy atom. The number of aryl methyl sites for hydroxylation is 1. The van der Waals surface area contributed by atoms with Crippen molar-refractivity contribution in [2.45, 2.75) is 6.92 Å². The molecule has 0 saturated heterocycles. The summed E-state index contributed by atoms with van der Waals surface area (Å²) in [7, 11) is 0. The van der Waals surface area contributed by atoms with E-state index < -0.39 is 5.97 Å². The molecule has 0 fully saturated rings.